The molecular formula is C13H27N3O2S2. The van der Waals surface area contributed by atoms with E-state index in [1.165, 1.54) is 10.7 Å². The molecule has 1 rings (SSSR count). The molecule has 1 aliphatic carbocycles. The van der Waals surface area contributed by atoms with Crippen LogP contribution in [0.2, 0.25) is 0 Å². The van der Waals surface area contributed by atoms with Gasteiger partial charge in [0.05, 0.1) is 10.5 Å². The Bertz CT molecular complexity index is 411. The van der Waals surface area contributed by atoms with Crippen LogP contribution in [0.25, 0.3) is 0 Å². The lowest BCUT2D eigenvalue weighted by molar-refractivity contribution is 0.353. The summed E-state index contributed by atoms with van der Waals surface area (Å²) in [4.78, 5) is 0.273. The number of hydrogen-bond donors (Lipinski definition) is 2. The highest BCUT2D eigenvalue weighted by Gasteiger charge is 2.38. The Kier molecular flexibility index (Phi) is 6.84. The Labute approximate surface area is 128 Å². The molecule has 20 heavy (non-hydrogen) atoms. The van der Waals surface area contributed by atoms with Gasteiger partial charge in [-0.3, -0.25) is 0 Å². The smallest absolute Gasteiger partial charge is 0.280 e. The molecule has 0 aromatic carbocycles. The van der Waals surface area contributed by atoms with E-state index in [0.29, 0.717) is 25.9 Å². The zero-order valence-corrected chi connectivity index (χ0v) is 14.2. The van der Waals surface area contributed by atoms with E-state index in [-0.39, 0.29) is 4.99 Å². The molecule has 118 valence electrons. The van der Waals surface area contributed by atoms with E-state index in [1.54, 1.807) is 0 Å². The molecule has 5 nitrogen and oxygen atoms in total. The first-order valence-corrected chi connectivity index (χ1v) is 9.31. The Morgan fingerprint density at radius 2 is 1.60 bits per heavy atom. The molecule has 0 amide bonds. The van der Waals surface area contributed by atoms with E-state index in [9.17, 15) is 8.42 Å². The standard InChI is InChI=1S/C13H27N3O2S2/c1-3-16(4-2)20(17,18)15-13(12(14)19)10-8-6-5-7-9-11-13/h15H,3-11H2,1-2H3,(H2,14,19). The van der Waals surface area contributed by atoms with Crippen LogP contribution in [0.5, 0.6) is 0 Å². The van der Waals surface area contributed by atoms with Crippen molar-refractivity contribution in [1.29, 1.82) is 0 Å². The summed E-state index contributed by atoms with van der Waals surface area (Å²) in [6.07, 6.45) is 6.73. The van der Waals surface area contributed by atoms with Gasteiger partial charge in [0.2, 0.25) is 0 Å². The number of thiocarbonyl (C=S) groups is 1. The lowest BCUT2D eigenvalue weighted by Gasteiger charge is -2.36. The summed E-state index contributed by atoms with van der Waals surface area (Å²) < 4.78 is 29.2. The summed E-state index contributed by atoms with van der Waals surface area (Å²) in [7, 11) is -3.54. The van der Waals surface area contributed by atoms with Gasteiger partial charge in [-0.25, -0.2) is 0 Å². The molecule has 0 atom stereocenters. The Hall–Kier alpha value is -0.240. The van der Waals surface area contributed by atoms with Crippen molar-refractivity contribution in [2.75, 3.05) is 13.1 Å². The fraction of sp³-hybridized carbons (Fsp3) is 0.923. The molecule has 0 aliphatic heterocycles. The quantitative estimate of drug-likeness (QED) is 0.733. The molecule has 7 heteroatoms. The van der Waals surface area contributed by atoms with Gasteiger partial charge in [0.15, 0.2) is 0 Å². The second-order valence-corrected chi connectivity index (χ2v) is 7.52. The highest BCUT2D eigenvalue weighted by Crippen LogP contribution is 2.28. The fourth-order valence-electron chi connectivity index (χ4n) is 2.78. The zero-order valence-electron chi connectivity index (χ0n) is 12.5. The van der Waals surface area contributed by atoms with E-state index < -0.39 is 15.7 Å². The summed E-state index contributed by atoms with van der Waals surface area (Å²) in [6, 6.07) is 0. The van der Waals surface area contributed by atoms with Crippen molar-refractivity contribution < 1.29 is 8.42 Å². The van der Waals surface area contributed by atoms with Crippen LogP contribution in [0.1, 0.15) is 58.8 Å². The minimum Gasteiger partial charge on any atom is -0.392 e. The van der Waals surface area contributed by atoms with Crippen LogP contribution >= 0.6 is 12.2 Å². The highest BCUT2D eigenvalue weighted by atomic mass is 32.2. The van der Waals surface area contributed by atoms with Crippen molar-refractivity contribution in [3.05, 3.63) is 0 Å². The molecule has 0 bridgehead atoms. The number of nitrogens with zero attached hydrogens (tertiary/aromatic N) is 1. The van der Waals surface area contributed by atoms with Gasteiger partial charge in [-0.05, 0) is 12.8 Å². The van der Waals surface area contributed by atoms with Gasteiger partial charge < -0.3 is 5.73 Å². The van der Waals surface area contributed by atoms with Gasteiger partial charge in [0.25, 0.3) is 10.2 Å². The molecule has 1 fully saturated rings. The first-order valence-electron chi connectivity index (χ1n) is 7.47. The van der Waals surface area contributed by atoms with Gasteiger partial charge in [-0.1, -0.05) is 58.2 Å². The third-order valence-corrected chi connectivity index (χ3v) is 6.28. The summed E-state index contributed by atoms with van der Waals surface area (Å²) in [5.74, 6) is 0. The summed E-state index contributed by atoms with van der Waals surface area (Å²) in [5, 5.41) is 0. The predicted octanol–water partition coefficient (Wildman–Crippen LogP) is 1.93. The first kappa shape index (κ1) is 17.8. The van der Waals surface area contributed by atoms with Crippen molar-refractivity contribution in [3.8, 4) is 0 Å². The second kappa shape index (κ2) is 7.68. The normalized spacial score (nSPS) is 20.4. The lowest BCUT2D eigenvalue weighted by Crippen LogP contribution is -2.59. The van der Waals surface area contributed by atoms with Gasteiger partial charge in [-0.15, -0.1) is 0 Å². The van der Waals surface area contributed by atoms with Crippen LogP contribution in [-0.4, -0.2) is 36.3 Å². The maximum absolute atomic E-state index is 12.5. The van der Waals surface area contributed by atoms with E-state index >= 15 is 0 Å². The van der Waals surface area contributed by atoms with E-state index in [1.807, 2.05) is 13.8 Å². The monoisotopic (exact) mass is 321 g/mol. The van der Waals surface area contributed by atoms with Crippen molar-refractivity contribution in [2.45, 2.75) is 64.3 Å². The zero-order chi connectivity index (χ0) is 15.2. The summed E-state index contributed by atoms with van der Waals surface area (Å²) in [6.45, 7) is 4.54. The van der Waals surface area contributed by atoms with Crippen molar-refractivity contribution in [1.82, 2.24) is 9.03 Å². The van der Waals surface area contributed by atoms with Gasteiger partial charge in [-0.2, -0.15) is 17.4 Å². The van der Waals surface area contributed by atoms with Crippen LogP contribution in [0, 0.1) is 0 Å². The molecule has 0 unspecified atom stereocenters. The largest absolute Gasteiger partial charge is 0.392 e. The molecule has 0 spiro atoms. The number of rotatable bonds is 6. The molecule has 0 saturated heterocycles. The van der Waals surface area contributed by atoms with Gasteiger partial charge in [0.1, 0.15) is 0 Å². The molecule has 3 N–H and O–H groups in total. The summed E-state index contributed by atoms with van der Waals surface area (Å²) in [5.41, 5.74) is 5.15. The average molecular weight is 322 g/mol. The molecule has 0 radical (unpaired) electrons. The minimum absolute atomic E-state index is 0.273. The van der Waals surface area contributed by atoms with Crippen LogP contribution in [0.15, 0.2) is 0 Å². The van der Waals surface area contributed by atoms with Gasteiger partial charge >= 0.3 is 0 Å². The summed E-state index contributed by atoms with van der Waals surface area (Å²) >= 11 is 5.19. The van der Waals surface area contributed by atoms with Crippen LogP contribution in [0.4, 0.5) is 0 Å². The highest BCUT2D eigenvalue weighted by molar-refractivity contribution is 7.87. The number of nitrogens with two attached hydrogens (primary N) is 1. The maximum atomic E-state index is 12.5. The average Bonchev–Trinajstić information content (AvgIpc) is 2.33. The number of hydrogen-bond acceptors (Lipinski definition) is 3. The Balaban J connectivity index is 2.98. The Morgan fingerprint density at radius 1 is 1.15 bits per heavy atom. The van der Waals surface area contributed by atoms with Crippen molar-refractivity contribution in [3.63, 3.8) is 0 Å². The number of nitrogens with one attached hydrogen (secondary N) is 1. The molecular weight excluding hydrogens is 294 g/mol. The Morgan fingerprint density at radius 3 is 2.00 bits per heavy atom. The van der Waals surface area contributed by atoms with Crippen LogP contribution < -0.4 is 10.5 Å². The minimum atomic E-state index is -3.54. The van der Waals surface area contributed by atoms with Crippen LogP contribution in [0.3, 0.4) is 0 Å². The molecule has 0 aromatic heterocycles. The molecule has 0 aromatic rings. The third kappa shape index (κ3) is 4.38. The maximum Gasteiger partial charge on any atom is 0.280 e. The fourth-order valence-corrected chi connectivity index (χ4v) is 4.72. The topological polar surface area (TPSA) is 75.4 Å². The van der Waals surface area contributed by atoms with E-state index in [2.05, 4.69) is 4.72 Å². The van der Waals surface area contributed by atoms with E-state index in [0.717, 1.165) is 25.7 Å². The third-order valence-electron chi connectivity index (χ3n) is 4.05. The lowest BCUT2D eigenvalue weighted by atomic mass is 9.85. The first-order chi connectivity index (χ1) is 9.38. The molecule has 0 heterocycles. The molecule has 1 saturated carbocycles. The SMILES string of the molecule is CCN(CC)S(=O)(=O)NC1(C(N)=S)CCCCCCC1. The van der Waals surface area contributed by atoms with Crippen LogP contribution in [-0.2, 0) is 10.2 Å². The van der Waals surface area contributed by atoms with Crippen molar-refractivity contribution in [2.24, 2.45) is 5.73 Å². The molecule has 1 aliphatic rings. The van der Waals surface area contributed by atoms with Gasteiger partial charge in [0, 0.05) is 13.1 Å². The predicted molar refractivity (Wildman–Crippen MR) is 86.8 cm³/mol. The second-order valence-electron chi connectivity index (χ2n) is 5.41. The van der Waals surface area contributed by atoms with E-state index in [4.69, 9.17) is 18.0 Å². The van der Waals surface area contributed by atoms with Crippen molar-refractivity contribution >= 4 is 27.4 Å².